The molecule has 0 spiro atoms. The molecule has 3 aromatic rings. The summed E-state index contributed by atoms with van der Waals surface area (Å²) >= 11 is 0. The molecule has 6 heteroatoms. The highest BCUT2D eigenvalue weighted by Crippen LogP contribution is 2.17. The number of benzene rings is 1. The summed E-state index contributed by atoms with van der Waals surface area (Å²) in [5, 5.41) is 2.98. The van der Waals surface area contributed by atoms with Crippen LogP contribution in [0.2, 0.25) is 0 Å². The number of hydrogen-bond acceptors (Lipinski definition) is 4. The van der Waals surface area contributed by atoms with Crippen LogP contribution in [-0.4, -0.2) is 25.8 Å². The minimum atomic E-state index is -0.177. The molecule has 2 aromatic heterocycles. The van der Waals surface area contributed by atoms with Gasteiger partial charge in [-0.15, -0.1) is 0 Å². The third-order valence-electron chi connectivity index (χ3n) is 3.31. The van der Waals surface area contributed by atoms with Crippen molar-refractivity contribution in [3.63, 3.8) is 0 Å². The van der Waals surface area contributed by atoms with E-state index in [1.165, 1.54) is 0 Å². The van der Waals surface area contributed by atoms with Gasteiger partial charge in [0.05, 0.1) is 17.1 Å². The van der Waals surface area contributed by atoms with E-state index in [-0.39, 0.29) is 11.9 Å². The second-order valence-electron chi connectivity index (χ2n) is 4.64. The number of hydrogen-bond donors (Lipinski definition) is 2. The predicted molar refractivity (Wildman–Crippen MR) is 78.6 cm³/mol. The standard InChI is InChI=1S/C15H15N5O/c1-2-11(14-18-8-9-19-14)20-15(21)10-4-3-5-12-13(10)17-7-6-16-12/h3-9,11H,2H2,1H3,(H,18,19)(H,20,21). The number of aromatic nitrogens is 4. The van der Waals surface area contributed by atoms with Crippen molar-refractivity contribution in [2.75, 3.05) is 0 Å². The Morgan fingerprint density at radius 2 is 2.10 bits per heavy atom. The largest absolute Gasteiger partial charge is 0.347 e. The van der Waals surface area contributed by atoms with E-state index >= 15 is 0 Å². The lowest BCUT2D eigenvalue weighted by Gasteiger charge is -2.15. The van der Waals surface area contributed by atoms with E-state index in [0.29, 0.717) is 16.6 Å². The van der Waals surface area contributed by atoms with E-state index in [0.717, 1.165) is 12.2 Å². The Labute approximate surface area is 121 Å². The first-order chi connectivity index (χ1) is 10.3. The van der Waals surface area contributed by atoms with Crippen molar-refractivity contribution in [1.82, 2.24) is 25.3 Å². The number of nitrogens with zero attached hydrogens (tertiary/aromatic N) is 3. The summed E-state index contributed by atoms with van der Waals surface area (Å²) in [5.41, 5.74) is 1.83. The molecule has 0 saturated heterocycles. The van der Waals surface area contributed by atoms with Gasteiger partial charge in [0, 0.05) is 24.8 Å². The zero-order chi connectivity index (χ0) is 14.7. The van der Waals surface area contributed by atoms with Crippen LogP contribution in [0.5, 0.6) is 0 Å². The van der Waals surface area contributed by atoms with Crippen molar-refractivity contribution in [1.29, 1.82) is 0 Å². The molecule has 106 valence electrons. The van der Waals surface area contributed by atoms with Crippen molar-refractivity contribution in [2.24, 2.45) is 0 Å². The summed E-state index contributed by atoms with van der Waals surface area (Å²) in [5.74, 6) is 0.571. The van der Waals surface area contributed by atoms with Crippen molar-refractivity contribution in [3.8, 4) is 0 Å². The highest BCUT2D eigenvalue weighted by molar-refractivity contribution is 6.04. The van der Waals surface area contributed by atoms with E-state index in [1.54, 1.807) is 36.9 Å². The molecule has 0 bridgehead atoms. The molecule has 0 aliphatic rings. The van der Waals surface area contributed by atoms with Gasteiger partial charge in [-0.25, -0.2) is 4.98 Å². The van der Waals surface area contributed by atoms with E-state index < -0.39 is 0 Å². The SMILES string of the molecule is CCC(NC(=O)c1cccc2nccnc12)c1ncc[nH]1. The first-order valence-electron chi connectivity index (χ1n) is 6.79. The Bertz CT molecular complexity index is 748. The molecule has 1 amide bonds. The zero-order valence-corrected chi connectivity index (χ0v) is 11.6. The number of carbonyl (C=O) groups excluding carboxylic acids is 1. The fourth-order valence-corrected chi connectivity index (χ4v) is 2.24. The third-order valence-corrected chi connectivity index (χ3v) is 3.31. The molecule has 2 heterocycles. The maximum Gasteiger partial charge on any atom is 0.254 e. The predicted octanol–water partition coefficient (Wildman–Crippen LogP) is 2.23. The van der Waals surface area contributed by atoms with Crippen LogP contribution in [-0.2, 0) is 0 Å². The maximum atomic E-state index is 12.5. The number of nitrogens with one attached hydrogen (secondary N) is 2. The molecule has 2 N–H and O–H groups in total. The monoisotopic (exact) mass is 281 g/mol. The van der Waals surface area contributed by atoms with Gasteiger partial charge in [-0.05, 0) is 18.6 Å². The molecule has 21 heavy (non-hydrogen) atoms. The average molecular weight is 281 g/mol. The highest BCUT2D eigenvalue weighted by Gasteiger charge is 2.18. The molecule has 0 aliphatic carbocycles. The molecule has 1 atom stereocenters. The number of rotatable bonds is 4. The lowest BCUT2D eigenvalue weighted by Crippen LogP contribution is -2.29. The highest BCUT2D eigenvalue weighted by atomic mass is 16.1. The van der Waals surface area contributed by atoms with Crippen molar-refractivity contribution >= 4 is 16.9 Å². The quantitative estimate of drug-likeness (QED) is 0.768. The Kier molecular flexibility index (Phi) is 3.59. The van der Waals surface area contributed by atoms with Gasteiger partial charge in [0.1, 0.15) is 11.3 Å². The Morgan fingerprint density at radius 1 is 1.24 bits per heavy atom. The number of aromatic amines is 1. The molecule has 0 fully saturated rings. The topological polar surface area (TPSA) is 83.6 Å². The molecule has 6 nitrogen and oxygen atoms in total. The number of H-pyrrole nitrogens is 1. The van der Waals surface area contributed by atoms with Crippen LogP contribution in [0, 0.1) is 0 Å². The molecular formula is C15H15N5O. The summed E-state index contributed by atoms with van der Waals surface area (Å²) in [6, 6.07) is 5.24. The van der Waals surface area contributed by atoms with Crippen LogP contribution in [0.4, 0.5) is 0 Å². The summed E-state index contributed by atoms with van der Waals surface area (Å²) in [6.07, 6.45) is 7.36. The van der Waals surface area contributed by atoms with Crippen LogP contribution in [0.3, 0.4) is 0 Å². The van der Waals surface area contributed by atoms with Gasteiger partial charge in [0.2, 0.25) is 0 Å². The van der Waals surface area contributed by atoms with Gasteiger partial charge >= 0.3 is 0 Å². The second kappa shape index (κ2) is 5.70. The second-order valence-corrected chi connectivity index (χ2v) is 4.64. The molecule has 1 aromatic carbocycles. The number of carbonyl (C=O) groups is 1. The summed E-state index contributed by atoms with van der Waals surface area (Å²) in [4.78, 5) is 28.2. The van der Waals surface area contributed by atoms with Crippen LogP contribution in [0.1, 0.15) is 35.6 Å². The van der Waals surface area contributed by atoms with Gasteiger partial charge in [0.25, 0.3) is 5.91 Å². The lowest BCUT2D eigenvalue weighted by molar-refractivity contribution is 0.0935. The Morgan fingerprint density at radius 3 is 2.86 bits per heavy atom. The van der Waals surface area contributed by atoms with E-state index in [2.05, 4.69) is 25.3 Å². The zero-order valence-electron chi connectivity index (χ0n) is 11.6. The van der Waals surface area contributed by atoms with E-state index in [9.17, 15) is 4.79 Å². The minimum Gasteiger partial charge on any atom is -0.347 e. The fraction of sp³-hybridized carbons (Fsp3) is 0.200. The lowest BCUT2D eigenvalue weighted by atomic mass is 10.1. The average Bonchev–Trinajstić information content (AvgIpc) is 3.06. The molecule has 0 saturated carbocycles. The first kappa shape index (κ1) is 13.2. The van der Waals surface area contributed by atoms with Crippen LogP contribution >= 0.6 is 0 Å². The third kappa shape index (κ3) is 2.60. The van der Waals surface area contributed by atoms with Gasteiger partial charge < -0.3 is 10.3 Å². The Balaban J connectivity index is 1.90. The molecular weight excluding hydrogens is 266 g/mol. The van der Waals surface area contributed by atoms with Crippen LogP contribution < -0.4 is 5.32 Å². The van der Waals surface area contributed by atoms with E-state index in [1.807, 2.05) is 13.0 Å². The van der Waals surface area contributed by atoms with Crippen molar-refractivity contribution in [3.05, 3.63) is 54.4 Å². The number of amides is 1. The maximum absolute atomic E-state index is 12.5. The normalized spacial score (nSPS) is 12.2. The fourth-order valence-electron chi connectivity index (χ4n) is 2.24. The molecule has 3 rings (SSSR count). The minimum absolute atomic E-state index is 0.153. The van der Waals surface area contributed by atoms with E-state index in [4.69, 9.17) is 0 Å². The summed E-state index contributed by atoms with van der Waals surface area (Å²) in [6.45, 7) is 2.00. The van der Waals surface area contributed by atoms with Crippen LogP contribution in [0.15, 0.2) is 43.0 Å². The van der Waals surface area contributed by atoms with Gasteiger partial charge in [-0.2, -0.15) is 0 Å². The van der Waals surface area contributed by atoms with Crippen LogP contribution in [0.25, 0.3) is 11.0 Å². The number of para-hydroxylation sites is 1. The molecule has 1 unspecified atom stereocenters. The van der Waals surface area contributed by atoms with Crippen molar-refractivity contribution in [2.45, 2.75) is 19.4 Å². The summed E-state index contributed by atoms with van der Waals surface area (Å²) < 4.78 is 0. The molecule has 0 radical (unpaired) electrons. The first-order valence-corrected chi connectivity index (χ1v) is 6.79. The van der Waals surface area contributed by atoms with Gasteiger partial charge in [-0.1, -0.05) is 13.0 Å². The Hall–Kier alpha value is -2.76. The smallest absolute Gasteiger partial charge is 0.254 e. The number of imidazole rings is 1. The van der Waals surface area contributed by atoms with Gasteiger partial charge in [-0.3, -0.25) is 14.8 Å². The molecule has 0 aliphatic heterocycles. The van der Waals surface area contributed by atoms with Gasteiger partial charge in [0.15, 0.2) is 0 Å². The van der Waals surface area contributed by atoms with Crippen molar-refractivity contribution < 1.29 is 4.79 Å². The summed E-state index contributed by atoms with van der Waals surface area (Å²) in [7, 11) is 0. The number of fused-ring (bicyclic) bond motifs is 1.